The molecular formula is C18H19N3O3. The zero-order valence-corrected chi connectivity index (χ0v) is 13.3. The fourth-order valence-electron chi connectivity index (χ4n) is 3.50. The lowest BCUT2D eigenvalue weighted by molar-refractivity contribution is -0.144. The molecule has 124 valence electrons. The number of likely N-dealkylation sites (tertiary alicyclic amines) is 1. The molecule has 2 aliphatic heterocycles. The molecule has 1 atom stereocenters. The summed E-state index contributed by atoms with van der Waals surface area (Å²) < 4.78 is 5.68. The number of rotatable bonds is 2. The van der Waals surface area contributed by atoms with Crippen LogP contribution in [0.25, 0.3) is 11.3 Å². The number of carbonyl (C=O) groups excluding carboxylic acids is 2. The van der Waals surface area contributed by atoms with E-state index < -0.39 is 5.60 Å². The number of aromatic amines is 1. The van der Waals surface area contributed by atoms with Crippen LogP contribution in [0, 0.1) is 0 Å². The summed E-state index contributed by atoms with van der Waals surface area (Å²) in [6.07, 6.45) is 2.27. The monoisotopic (exact) mass is 325 g/mol. The number of nitrogens with one attached hydrogen (secondary N) is 1. The molecule has 4 rings (SSSR count). The van der Waals surface area contributed by atoms with Gasteiger partial charge in [-0.15, -0.1) is 0 Å². The van der Waals surface area contributed by atoms with Gasteiger partial charge in [0.1, 0.15) is 11.3 Å². The number of nitrogens with zero attached hydrogens (tertiary/aromatic N) is 2. The van der Waals surface area contributed by atoms with E-state index in [4.69, 9.17) is 4.74 Å². The van der Waals surface area contributed by atoms with E-state index in [0.29, 0.717) is 25.3 Å². The number of piperidine rings is 1. The number of ketones is 1. The van der Waals surface area contributed by atoms with E-state index in [2.05, 4.69) is 10.2 Å². The van der Waals surface area contributed by atoms with Crippen molar-refractivity contribution in [1.82, 2.24) is 15.1 Å². The Morgan fingerprint density at radius 1 is 1.25 bits per heavy atom. The Morgan fingerprint density at radius 3 is 2.79 bits per heavy atom. The zero-order valence-electron chi connectivity index (χ0n) is 13.3. The van der Waals surface area contributed by atoms with Crippen molar-refractivity contribution in [2.45, 2.75) is 24.9 Å². The first-order valence-electron chi connectivity index (χ1n) is 8.25. The Balaban J connectivity index is 1.49. The maximum Gasteiger partial charge on any atom is 0.272 e. The topological polar surface area (TPSA) is 75.3 Å². The summed E-state index contributed by atoms with van der Waals surface area (Å²) in [6.45, 7) is 1.28. The second kappa shape index (κ2) is 5.87. The average Bonchev–Trinajstić information content (AvgIpc) is 3.28. The minimum atomic E-state index is -0.639. The van der Waals surface area contributed by atoms with Gasteiger partial charge >= 0.3 is 0 Å². The highest BCUT2D eigenvalue weighted by Gasteiger charge is 2.46. The van der Waals surface area contributed by atoms with Crippen LogP contribution in [0.5, 0.6) is 0 Å². The average molecular weight is 325 g/mol. The highest BCUT2D eigenvalue weighted by molar-refractivity contribution is 5.99. The second-order valence-corrected chi connectivity index (χ2v) is 6.38. The van der Waals surface area contributed by atoms with Crippen LogP contribution < -0.4 is 0 Å². The third-order valence-corrected chi connectivity index (χ3v) is 4.90. The van der Waals surface area contributed by atoms with E-state index in [1.807, 2.05) is 30.3 Å². The van der Waals surface area contributed by atoms with Gasteiger partial charge in [0, 0.05) is 25.1 Å². The van der Waals surface area contributed by atoms with Gasteiger partial charge in [0.2, 0.25) is 0 Å². The molecular weight excluding hydrogens is 306 g/mol. The van der Waals surface area contributed by atoms with Gasteiger partial charge in [-0.2, -0.15) is 5.10 Å². The lowest BCUT2D eigenvalue weighted by Crippen LogP contribution is -2.53. The van der Waals surface area contributed by atoms with Crippen molar-refractivity contribution in [2.24, 2.45) is 0 Å². The first kappa shape index (κ1) is 15.1. The molecule has 24 heavy (non-hydrogen) atoms. The lowest BCUT2D eigenvalue weighted by atomic mass is 9.87. The third kappa shape index (κ3) is 2.53. The van der Waals surface area contributed by atoms with Crippen LogP contribution in [0.1, 0.15) is 29.8 Å². The number of carbonyl (C=O) groups is 2. The maximum atomic E-state index is 12.7. The van der Waals surface area contributed by atoms with Gasteiger partial charge in [-0.1, -0.05) is 30.3 Å². The van der Waals surface area contributed by atoms with Crippen molar-refractivity contribution in [3.63, 3.8) is 0 Å². The summed E-state index contributed by atoms with van der Waals surface area (Å²) in [4.78, 5) is 26.7. The summed E-state index contributed by atoms with van der Waals surface area (Å²) in [5.74, 6) is -0.173. The molecule has 2 fully saturated rings. The fraction of sp³-hybridized carbons (Fsp3) is 0.389. The molecule has 0 radical (unpaired) electrons. The molecule has 1 N–H and O–H groups in total. The Hall–Kier alpha value is -2.47. The Bertz CT molecular complexity index is 763. The lowest BCUT2D eigenvalue weighted by Gasteiger charge is -2.36. The molecule has 2 aliphatic rings. The zero-order chi connectivity index (χ0) is 16.6. The van der Waals surface area contributed by atoms with Gasteiger partial charge in [0.15, 0.2) is 5.78 Å². The molecule has 6 heteroatoms. The van der Waals surface area contributed by atoms with Gasteiger partial charge in [0.05, 0.1) is 12.2 Å². The largest absolute Gasteiger partial charge is 0.367 e. The highest BCUT2D eigenvalue weighted by atomic mass is 16.5. The first-order valence-corrected chi connectivity index (χ1v) is 8.25. The number of H-pyrrole nitrogens is 1. The van der Waals surface area contributed by atoms with E-state index in [9.17, 15) is 9.59 Å². The van der Waals surface area contributed by atoms with E-state index in [-0.39, 0.29) is 18.2 Å². The van der Waals surface area contributed by atoms with Crippen molar-refractivity contribution in [3.8, 4) is 11.3 Å². The SMILES string of the molecule is O=C(c1cc(-c2ccccc2)n[nH]1)N1CC[C@]2(CCCO2)C(=O)C1. The number of ether oxygens (including phenoxy) is 1. The van der Waals surface area contributed by atoms with Crippen LogP contribution >= 0.6 is 0 Å². The Kier molecular flexibility index (Phi) is 3.69. The second-order valence-electron chi connectivity index (χ2n) is 6.38. The van der Waals surface area contributed by atoms with E-state index in [1.54, 1.807) is 11.0 Å². The molecule has 2 saturated heterocycles. The third-order valence-electron chi connectivity index (χ3n) is 4.90. The number of hydrogen-bond acceptors (Lipinski definition) is 4. The van der Waals surface area contributed by atoms with Gasteiger partial charge < -0.3 is 9.64 Å². The molecule has 1 aromatic carbocycles. The summed E-state index contributed by atoms with van der Waals surface area (Å²) >= 11 is 0. The summed E-state index contributed by atoms with van der Waals surface area (Å²) in [5, 5.41) is 7.00. The number of hydrogen-bond donors (Lipinski definition) is 1. The summed E-state index contributed by atoms with van der Waals surface area (Å²) in [5.41, 5.74) is 1.43. The van der Waals surface area contributed by atoms with Gasteiger partial charge in [-0.05, 0) is 18.9 Å². The van der Waals surface area contributed by atoms with Crippen molar-refractivity contribution < 1.29 is 14.3 Å². The van der Waals surface area contributed by atoms with Crippen LogP contribution in [0.15, 0.2) is 36.4 Å². The Labute approximate surface area is 139 Å². The first-order chi connectivity index (χ1) is 11.7. The van der Waals surface area contributed by atoms with Gasteiger partial charge in [0.25, 0.3) is 5.91 Å². The minimum absolute atomic E-state index is 0.0161. The molecule has 2 aromatic rings. The normalized spacial score (nSPS) is 23.8. The molecule has 3 heterocycles. The fourth-order valence-corrected chi connectivity index (χ4v) is 3.50. The van der Waals surface area contributed by atoms with Crippen molar-refractivity contribution in [2.75, 3.05) is 19.7 Å². The molecule has 0 aliphatic carbocycles. The van der Waals surface area contributed by atoms with Crippen molar-refractivity contribution in [3.05, 3.63) is 42.1 Å². The smallest absolute Gasteiger partial charge is 0.272 e. The molecule has 6 nitrogen and oxygen atoms in total. The molecule has 0 unspecified atom stereocenters. The minimum Gasteiger partial charge on any atom is -0.367 e. The van der Waals surface area contributed by atoms with Crippen LogP contribution in [0.3, 0.4) is 0 Å². The summed E-state index contributed by atoms with van der Waals surface area (Å²) in [7, 11) is 0. The standard InChI is InChI=1S/C18H19N3O3/c22-16-12-21(9-8-18(16)7-4-10-24-18)17(23)15-11-14(19-20-15)13-5-2-1-3-6-13/h1-3,5-6,11H,4,7-10,12H2,(H,19,20)/t18-/m1/s1. The van der Waals surface area contributed by atoms with E-state index in [1.165, 1.54) is 0 Å². The van der Waals surface area contributed by atoms with Crippen LogP contribution in [-0.4, -0.2) is 52.1 Å². The van der Waals surface area contributed by atoms with Crippen LogP contribution in [0.4, 0.5) is 0 Å². The molecule has 1 amide bonds. The highest BCUT2D eigenvalue weighted by Crippen LogP contribution is 2.33. The van der Waals surface area contributed by atoms with Crippen molar-refractivity contribution >= 4 is 11.7 Å². The number of Topliss-reactive ketones (excluding diaryl/α,β-unsaturated/α-hetero) is 1. The predicted octanol–water partition coefficient (Wildman–Crippen LogP) is 2.04. The van der Waals surface area contributed by atoms with Crippen molar-refractivity contribution in [1.29, 1.82) is 0 Å². The maximum absolute atomic E-state index is 12.7. The molecule has 1 aromatic heterocycles. The molecule has 0 bridgehead atoms. The quantitative estimate of drug-likeness (QED) is 0.917. The number of benzene rings is 1. The predicted molar refractivity (Wildman–Crippen MR) is 87.5 cm³/mol. The Morgan fingerprint density at radius 2 is 2.08 bits per heavy atom. The number of amides is 1. The van der Waals surface area contributed by atoms with Gasteiger partial charge in [-0.3, -0.25) is 14.7 Å². The molecule has 1 spiro atoms. The van der Waals surface area contributed by atoms with Crippen LogP contribution in [-0.2, 0) is 9.53 Å². The summed E-state index contributed by atoms with van der Waals surface area (Å²) in [6, 6.07) is 11.4. The van der Waals surface area contributed by atoms with E-state index in [0.717, 1.165) is 24.1 Å². The number of aromatic nitrogens is 2. The van der Waals surface area contributed by atoms with Gasteiger partial charge in [-0.25, -0.2) is 0 Å². The molecule has 0 saturated carbocycles. The van der Waals surface area contributed by atoms with E-state index >= 15 is 0 Å². The van der Waals surface area contributed by atoms with Crippen LogP contribution in [0.2, 0.25) is 0 Å².